The third-order valence-corrected chi connectivity index (χ3v) is 2.39. The fourth-order valence-corrected chi connectivity index (χ4v) is 1.45. The van der Waals surface area contributed by atoms with E-state index in [0.29, 0.717) is 0 Å². The molecule has 1 rings (SSSR count). The van der Waals surface area contributed by atoms with Gasteiger partial charge in [0, 0.05) is 5.69 Å². The molecule has 3 heteroatoms. The molecule has 0 saturated carbocycles. The monoisotopic (exact) mass is 221 g/mol. The number of methoxy groups -OCH3 is 1. The molecule has 0 aliphatic carbocycles. The molecule has 1 aromatic rings. The first-order chi connectivity index (χ1) is 7.45. The summed E-state index contributed by atoms with van der Waals surface area (Å²) >= 11 is 0. The van der Waals surface area contributed by atoms with Crippen LogP contribution in [-0.4, -0.2) is 19.1 Å². The van der Waals surface area contributed by atoms with Crippen molar-refractivity contribution in [3.8, 4) is 0 Å². The van der Waals surface area contributed by atoms with Crippen LogP contribution in [-0.2, 0) is 9.53 Å². The molecule has 16 heavy (non-hydrogen) atoms. The molecule has 0 aliphatic rings. The summed E-state index contributed by atoms with van der Waals surface area (Å²) in [6, 6.07) is 9.32. The zero-order valence-corrected chi connectivity index (χ0v) is 10.3. The Kier molecular flexibility index (Phi) is 3.93. The van der Waals surface area contributed by atoms with Crippen LogP contribution < -0.4 is 5.32 Å². The van der Waals surface area contributed by atoms with Gasteiger partial charge in [0.1, 0.15) is 6.04 Å². The van der Waals surface area contributed by atoms with Crippen molar-refractivity contribution in [3.63, 3.8) is 0 Å². The maximum atomic E-state index is 11.7. The summed E-state index contributed by atoms with van der Waals surface area (Å²) in [6.45, 7) is 6.01. The van der Waals surface area contributed by atoms with Crippen LogP contribution in [0.4, 0.5) is 5.69 Å². The van der Waals surface area contributed by atoms with Gasteiger partial charge in [0.15, 0.2) is 0 Å². The maximum absolute atomic E-state index is 11.7. The fourth-order valence-electron chi connectivity index (χ4n) is 1.45. The average Bonchev–Trinajstić information content (AvgIpc) is 2.25. The molecule has 88 valence electrons. The molecule has 1 N–H and O–H groups in total. The van der Waals surface area contributed by atoms with Crippen LogP contribution in [0.25, 0.3) is 0 Å². The molecule has 3 nitrogen and oxygen atoms in total. The van der Waals surface area contributed by atoms with Gasteiger partial charge in [-0.15, -0.1) is 0 Å². The van der Waals surface area contributed by atoms with Crippen molar-refractivity contribution >= 4 is 11.7 Å². The molecule has 1 unspecified atom stereocenters. The second-order valence-corrected chi connectivity index (χ2v) is 4.83. The minimum Gasteiger partial charge on any atom is -0.467 e. The SMILES string of the molecule is COC(=O)C(Nc1ccccc1)C(C)(C)C. The molecule has 0 aliphatic heterocycles. The van der Waals surface area contributed by atoms with E-state index in [2.05, 4.69) is 5.32 Å². The predicted molar refractivity (Wildman–Crippen MR) is 65.3 cm³/mol. The minimum absolute atomic E-state index is 0.192. The van der Waals surface area contributed by atoms with Gasteiger partial charge in [0.05, 0.1) is 7.11 Å². The van der Waals surface area contributed by atoms with E-state index in [9.17, 15) is 4.79 Å². The summed E-state index contributed by atoms with van der Waals surface area (Å²) in [7, 11) is 1.41. The van der Waals surface area contributed by atoms with Crippen molar-refractivity contribution in [2.45, 2.75) is 26.8 Å². The summed E-state index contributed by atoms with van der Waals surface area (Å²) in [5.41, 5.74) is 0.732. The maximum Gasteiger partial charge on any atom is 0.328 e. The number of benzene rings is 1. The lowest BCUT2D eigenvalue weighted by Crippen LogP contribution is -2.41. The third-order valence-electron chi connectivity index (χ3n) is 2.39. The Morgan fingerprint density at radius 3 is 2.25 bits per heavy atom. The smallest absolute Gasteiger partial charge is 0.328 e. The van der Waals surface area contributed by atoms with Crippen LogP contribution in [0.1, 0.15) is 20.8 Å². The van der Waals surface area contributed by atoms with E-state index in [1.165, 1.54) is 7.11 Å². The lowest BCUT2D eigenvalue weighted by molar-refractivity contribution is -0.143. The fraction of sp³-hybridized carbons (Fsp3) is 0.462. The number of rotatable bonds is 3. The number of ether oxygens (including phenoxy) is 1. The van der Waals surface area contributed by atoms with E-state index in [1.54, 1.807) is 0 Å². The largest absolute Gasteiger partial charge is 0.467 e. The Hall–Kier alpha value is -1.51. The van der Waals surface area contributed by atoms with Crippen molar-refractivity contribution in [2.75, 3.05) is 12.4 Å². The Bertz CT molecular complexity index is 341. The standard InChI is InChI=1S/C13H19NO2/c1-13(2,3)11(12(15)16-4)14-10-8-6-5-7-9-10/h5-9,11,14H,1-4H3. The summed E-state index contributed by atoms with van der Waals surface area (Å²) in [4.78, 5) is 11.7. The van der Waals surface area contributed by atoms with Crippen molar-refractivity contribution < 1.29 is 9.53 Å². The lowest BCUT2D eigenvalue weighted by atomic mass is 9.86. The Balaban J connectivity index is 2.84. The van der Waals surface area contributed by atoms with Crippen molar-refractivity contribution in [1.82, 2.24) is 0 Å². The molecule has 0 fully saturated rings. The van der Waals surface area contributed by atoms with E-state index in [1.807, 2.05) is 51.1 Å². The first kappa shape index (κ1) is 12.6. The number of esters is 1. The number of anilines is 1. The summed E-state index contributed by atoms with van der Waals surface area (Å²) in [5, 5.41) is 3.20. The van der Waals surface area contributed by atoms with Gasteiger partial charge < -0.3 is 10.1 Å². The molecule has 0 amide bonds. The van der Waals surface area contributed by atoms with Crippen LogP contribution in [0, 0.1) is 5.41 Å². The highest BCUT2D eigenvalue weighted by molar-refractivity contribution is 5.80. The number of hydrogen-bond donors (Lipinski definition) is 1. The van der Waals surface area contributed by atoms with Gasteiger partial charge in [0.25, 0.3) is 0 Å². The van der Waals surface area contributed by atoms with E-state index in [0.717, 1.165) is 5.69 Å². The molecular weight excluding hydrogens is 202 g/mol. The topological polar surface area (TPSA) is 38.3 Å². The average molecular weight is 221 g/mol. The molecule has 1 aromatic carbocycles. The van der Waals surface area contributed by atoms with E-state index in [-0.39, 0.29) is 17.4 Å². The quantitative estimate of drug-likeness (QED) is 0.797. The van der Waals surface area contributed by atoms with Gasteiger partial charge in [0.2, 0.25) is 0 Å². The van der Waals surface area contributed by atoms with Gasteiger partial charge in [-0.3, -0.25) is 0 Å². The van der Waals surface area contributed by atoms with Gasteiger partial charge >= 0.3 is 5.97 Å². The van der Waals surface area contributed by atoms with E-state index >= 15 is 0 Å². The Morgan fingerprint density at radius 2 is 1.81 bits per heavy atom. The number of carbonyl (C=O) groups is 1. The second kappa shape index (κ2) is 5.01. The highest BCUT2D eigenvalue weighted by atomic mass is 16.5. The van der Waals surface area contributed by atoms with Crippen LogP contribution in [0.15, 0.2) is 30.3 Å². The van der Waals surface area contributed by atoms with Crippen molar-refractivity contribution in [1.29, 1.82) is 0 Å². The van der Waals surface area contributed by atoms with Gasteiger partial charge in [-0.2, -0.15) is 0 Å². The molecule has 1 atom stereocenters. The van der Waals surface area contributed by atoms with Crippen molar-refractivity contribution in [2.24, 2.45) is 5.41 Å². The normalized spacial score (nSPS) is 13.0. The zero-order chi connectivity index (χ0) is 12.2. The van der Waals surface area contributed by atoms with Crippen LogP contribution >= 0.6 is 0 Å². The Morgan fingerprint density at radius 1 is 1.25 bits per heavy atom. The number of nitrogens with one attached hydrogen (secondary N) is 1. The van der Waals surface area contributed by atoms with Crippen molar-refractivity contribution in [3.05, 3.63) is 30.3 Å². The number of carbonyl (C=O) groups excluding carboxylic acids is 1. The molecule has 0 saturated heterocycles. The van der Waals surface area contributed by atoms with E-state index < -0.39 is 0 Å². The lowest BCUT2D eigenvalue weighted by Gasteiger charge is -2.29. The first-order valence-corrected chi connectivity index (χ1v) is 5.34. The first-order valence-electron chi connectivity index (χ1n) is 5.34. The van der Waals surface area contributed by atoms with Crippen LogP contribution in [0.2, 0.25) is 0 Å². The summed E-state index contributed by atoms with van der Waals surface area (Å²) in [5.74, 6) is -0.239. The van der Waals surface area contributed by atoms with Gasteiger partial charge in [-0.25, -0.2) is 4.79 Å². The molecule has 0 radical (unpaired) electrons. The van der Waals surface area contributed by atoms with Gasteiger partial charge in [-0.1, -0.05) is 39.0 Å². The van der Waals surface area contributed by atoms with Gasteiger partial charge in [-0.05, 0) is 17.5 Å². The van der Waals surface area contributed by atoms with Crippen LogP contribution in [0.3, 0.4) is 0 Å². The summed E-state index contributed by atoms with van der Waals surface area (Å²) < 4.78 is 4.81. The molecule has 0 spiro atoms. The number of hydrogen-bond acceptors (Lipinski definition) is 3. The molecular formula is C13H19NO2. The molecule has 0 aromatic heterocycles. The molecule has 0 bridgehead atoms. The highest BCUT2D eigenvalue weighted by Crippen LogP contribution is 2.24. The zero-order valence-electron chi connectivity index (χ0n) is 10.3. The minimum atomic E-state index is -0.347. The highest BCUT2D eigenvalue weighted by Gasteiger charge is 2.31. The Labute approximate surface area is 96.8 Å². The van der Waals surface area contributed by atoms with Crippen LogP contribution in [0.5, 0.6) is 0 Å². The molecule has 0 heterocycles. The summed E-state index contributed by atoms with van der Waals surface area (Å²) in [6.07, 6.45) is 0. The second-order valence-electron chi connectivity index (χ2n) is 4.83. The number of para-hydroxylation sites is 1. The predicted octanol–water partition coefficient (Wildman–Crippen LogP) is 2.69. The van der Waals surface area contributed by atoms with E-state index in [4.69, 9.17) is 4.74 Å². The third kappa shape index (κ3) is 3.26.